The Balaban J connectivity index is 1.46. The highest BCUT2D eigenvalue weighted by atomic mass is 32.2. The zero-order chi connectivity index (χ0) is 21.9. The molecule has 0 aliphatic rings. The van der Waals surface area contributed by atoms with Crippen LogP contribution in [-0.2, 0) is 4.79 Å². The van der Waals surface area contributed by atoms with Gasteiger partial charge in [0.25, 0.3) is 0 Å². The van der Waals surface area contributed by atoms with E-state index in [0.29, 0.717) is 16.5 Å². The maximum absolute atomic E-state index is 12.5. The second kappa shape index (κ2) is 8.68. The van der Waals surface area contributed by atoms with E-state index in [9.17, 15) is 4.79 Å². The fourth-order valence-corrected chi connectivity index (χ4v) is 4.17. The first kappa shape index (κ1) is 20.0. The van der Waals surface area contributed by atoms with Gasteiger partial charge in [0.2, 0.25) is 5.91 Å². The summed E-state index contributed by atoms with van der Waals surface area (Å²) in [6, 6.07) is 25.0. The van der Waals surface area contributed by atoms with Crippen LogP contribution in [0.4, 0.5) is 5.69 Å². The van der Waals surface area contributed by atoms with Crippen molar-refractivity contribution in [2.24, 2.45) is 0 Å². The molecule has 0 aliphatic heterocycles. The molecule has 1 amide bonds. The Kier molecular flexibility index (Phi) is 5.43. The van der Waals surface area contributed by atoms with E-state index in [1.165, 1.54) is 11.8 Å². The van der Waals surface area contributed by atoms with E-state index < -0.39 is 0 Å². The second-order valence-electron chi connectivity index (χ2n) is 7.03. The third-order valence-corrected chi connectivity index (χ3v) is 5.88. The van der Waals surface area contributed by atoms with Crippen LogP contribution in [0.3, 0.4) is 0 Å². The van der Waals surface area contributed by atoms with Crippen molar-refractivity contribution in [2.45, 2.75) is 5.16 Å². The topological polar surface area (TPSA) is 81.4 Å². The quantitative estimate of drug-likeness (QED) is 0.385. The van der Waals surface area contributed by atoms with Crippen molar-refractivity contribution in [3.63, 3.8) is 0 Å². The predicted molar refractivity (Wildman–Crippen MR) is 126 cm³/mol. The van der Waals surface area contributed by atoms with Gasteiger partial charge in [-0.2, -0.15) is 0 Å². The van der Waals surface area contributed by atoms with Gasteiger partial charge in [-0.3, -0.25) is 9.20 Å². The van der Waals surface area contributed by atoms with Crippen LogP contribution in [0, 0.1) is 0 Å². The Morgan fingerprint density at radius 2 is 1.72 bits per heavy atom. The van der Waals surface area contributed by atoms with Gasteiger partial charge in [0.05, 0.1) is 18.4 Å². The van der Waals surface area contributed by atoms with Crippen molar-refractivity contribution in [2.75, 3.05) is 18.2 Å². The number of ether oxygens (including phenoxy) is 1. The van der Waals surface area contributed by atoms with Gasteiger partial charge in [0.1, 0.15) is 11.6 Å². The SMILES string of the molecule is COc1ccc(NC(=O)CSc2nnc3c4ccccc4nc(-c4ccccc4)n23)cc1. The van der Waals surface area contributed by atoms with Crippen molar-refractivity contribution in [1.29, 1.82) is 0 Å². The average Bonchev–Trinajstić information content (AvgIpc) is 3.28. The zero-order valence-corrected chi connectivity index (χ0v) is 18.0. The molecule has 158 valence electrons. The summed E-state index contributed by atoms with van der Waals surface area (Å²) < 4.78 is 7.07. The summed E-state index contributed by atoms with van der Waals surface area (Å²) >= 11 is 1.32. The van der Waals surface area contributed by atoms with Gasteiger partial charge in [-0.25, -0.2) is 4.98 Å². The van der Waals surface area contributed by atoms with E-state index in [2.05, 4.69) is 15.5 Å². The van der Waals surface area contributed by atoms with Crippen LogP contribution in [-0.4, -0.2) is 38.4 Å². The molecule has 0 unspecified atom stereocenters. The summed E-state index contributed by atoms with van der Waals surface area (Å²) in [5, 5.41) is 13.2. The number of carbonyl (C=O) groups is 1. The van der Waals surface area contributed by atoms with Crippen LogP contribution in [0.15, 0.2) is 84.0 Å². The maximum Gasteiger partial charge on any atom is 0.234 e. The van der Waals surface area contributed by atoms with Crippen molar-refractivity contribution in [1.82, 2.24) is 19.6 Å². The van der Waals surface area contributed by atoms with Crippen molar-refractivity contribution >= 4 is 39.9 Å². The van der Waals surface area contributed by atoms with Crippen molar-refractivity contribution in [3.05, 3.63) is 78.9 Å². The fraction of sp³-hybridized carbons (Fsp3) is 0.0833. The molecule has 0 saturated heterocycles. The van der Waals surface area contributed by atoms with E-state index in [-0.39, 0.29) is 11.7 Å². The first-order chi connectivity index (χ1) is 15.7. The highest BCUT2D eigenvalue weighted by Crippen LogP contribution is 2.29. The lowest BCUT2D eigenvalue weighted by molar-refractivity contribution is -0.113. The molecule has 32 heavy (non-hydrogen) atoms. The molecule has 2 heterocycles. The molecule has 5 rings (SSSR count). The highest BCUT2D eigenvalue weighted by Gasteiger charge is 2.17. The number of aromatic nitrogens is 4. The second-order valence-corrected chi connectivity index (χ2v) is 7.97. The Morgan fingerprint density at radius 3 is 2.50 bits per heavy atom. The number of methoxy groups -OCH3 is 1. The van der Waals surface area contributed by atoms with E-state index in [1.807, 2.05) is 59.0 Å². The van der Waals surface area contributed by atoms with E-state index in [4.69, 9.17) is 9.72 Å². The first-order valence-corrected chi connectivity index (χ1v) is 11.0. The van der Waals surface area contributed by atoms with Crippen LogP contribution in [0.1, 0.15) is 0 Å². The van der Waals surface area contributed by atoms with E-state index in [0.717, 1.165) is 28.0 Å². The lowest BCUT2D eigenvalue weighted by Crippen LogP contribution is -2.14. The number of amides is 1. The molecule has 2 aromatic heterocycles. The number of benzene rings is 3. The predicted octanol–water partition coefficient (Wildman–Crippen LogP) is 4.68. The monoisotopic (exact) mass is 441 g/mol. The lowest BCUT2D eigenvalue weighted by atomic mass is 10.2. The summed E-state index contributed by atoms with van der Waals surface area (Å²) in [5.41, 5.74) is 3.22. The third kappa shape index (κ3) is 3.88. The molecule has 7 nitrogen and oxygen atoms in total. The summed E-state index contributed by atoms with van der Waals surface area (Å²) in [6.45, 7) is 0. The number of carbonyl (C=O) groups excluding carboxylic acids is 1. The minimum absolute atomic E-state index is 0.132. The van der Waals surface area contributed by atoms with Crippen molar-refractivity contribution < 1.29 is 9.53 Å². The summed E-state index contributed by atoms with van der Waals surface area (Å²) in [7, 11) is 1.61. The van der Waals surface area contributed by atoms with Gasteiger partial charge in [-0.05, 0) is 36.4 Å². The highest BCUT2D eigenvalue weighted by molar-refractivity contribution is 7.99. The van der Waals surface area contributed by atoms with Crippen LogP contribution >= 0.6 is 11.8 Å². The molecule has 0 atom stereocenters. The number of fused-ring (bicyclic) bond motifs is 3. The molecule has 0 saturated carbocycles. The third-order valence-electron chi connectivity index (χ3n) is 4.95. The molecule has 0 fully saturated rings. The van der Waals surface area contributed by atoms with Gasteiger partial charge >= 0.3 is 0 Å². The molecule has 1 N–H and O–H groups in total. The molecule has 5 aromatic rings. The summed E-state index contributed by atoms with van der Waals surface area (Å²) in [4.78, 5) is 17.4. The van der Waals surface area contributed by atoms with Gasteiger partial charge in [0.15, 0.2) is 10.8 Å². The first-order valence-electron chi connectivity index (χ1n) is 9.99. The maximum atomic E-state index is 12.5. The number of thioether (sulfide) groups is 1. The van der Waals surface area contributed by atoms with Gasteiger partial charge < -0.3 is 10.1 Å². The van der Waals surface area contributed by atoms with Crippen LogP contribution in [0.25, 0.3) is 27.9 Å². The van der Waals surface area contributed by atoms with E-state index >= 15 is 0 Å². The molecular weight excluding hydrogens is 422 g/mol. The fourth-order valence-electron chi connectivity index (χ4n) is 3.44. The Labute approximate surface area is 188 Å². The van der Waals surface area contributed by atoms with Crippen LogP contribution in [0.2, 0.25) is 0 Å². The Hall–Kier alpha value is -3.91. The van der Waals surface area contributed by atoms with Crippen LogP contribution < -0.4 is 10.1 Å². The number of hydrogen-bond donors (Lipinski definition) is 1. The van der Waals surface area contributed by atoms with Crippen LogP contribution in [0.5, 0.6) is 5.75 Å². The van der Waals surface area contributed by atoms with Crippen molar-refractivity contribution in [3.8, 4) is 17.1 Å². The zero-order valence-electron chi connectivity index (χ0n) is 17.2. The van der Waals surface area contributed by atoms with Gasteiger partial charge in [0, 0.05) is 16.6 Å². The number of nitrogens with one attached hydrogen (secondary N) is 1. The minimum Gasteiger partial charge on any atom is -0.497 e. The molecule has 3 aromatic carbocycles. The lowest BCUT2D eigenvalue weighted by Gasteiger charge is -2.10. The molecular formula is C24H19N5O2S. The number of anilines is 1. The standard InChI is InChI=1S/C24H19N5O2S/c1-31-18-13-11-17(12-14-18)25-21(30)15-32-24-28-27-23-19-9-5-6-10-20(19)26-22(29(23)24)16-7-3-2-4-8-16/h2-14H,15H2,1H3,(H,25,30). The number of para-hydroxylation sites is 1. The summed E-state index contributed by atoms with van der Waals surface area (Å²) in [5.74, 6) is 1.53. The van der Waals surface area contributed by atoms with E-state index in [1.54, 1.807) is 31.4 Å². The molecule has 0 spiro atoms. The molecule has 0 radical (unpaired) electrons. The molecule has 8 heteroatoms. The smallest absolute Gasteiger partial charge is 0.234 e. The molecule has 0 bridgehead atoms. The number of hydrogen-bond acceptors (Lipinski definition) is 6. The minimum atomic E-state index is -0.132. The number of rotatable bonds is 6. The Morgan fingerprint density at radius 1 is 0.969 bits per heavy atom. The average molecular weight is 442 g/mol. The molecule has 0 aliphatic carbocycles. The van der Waals surface area contributed by atoms with Gasteiger partial charge in [-0.1, -0.05) is 54.2 Å². The number of nitrogens with zero attached hydrogens (tertiary/aromatic N) is 4. The normalized spacial score (nSPS) is 11.0. The van der Waals surface area contributed by atoms with Gasteiger partial charge in [-0.15, -0.1) is 10.2 Å². The largest absolute Gasteiger partial charge is 0.497 e. The Bertz CT molecular complexity index is 1400. The summed E-state index contributed by atoms with van der Waals surface area (Å²) in [6.07, 6.45) is 0.